The highest BCUT2D eigenvalue weighted by atomic mass is 16.6. The van der Waals surface area contributed by atoms with Crippen LogP contribution in [0.3, 0.4) is 0 Å². The van der Waals surface area contributed by atoms with E-state index in [4.69, 9.17) is 18.9 Å². The number of ether oxygens (including phenoxy) is 2. The fourth-order valence-corrected chi connectivity index (χ4v) is 5.12. The second kappa shape index (κ2) is 11.4. The van der Waals surface area contributed by atoms with E-state index in [-0.39, 0.29) is 24.4 Å². The lowest BCUT2D eigenvalue weighted by Gasteiger charge is -2.19. The first-order valence-corrected chi connectivity index (χ1v) is 12.8. The summed E-state index contributed by atoms with van der Waals surface area (Å²) in [7, 11) is 0. The number of aliphatic hydroxyl groups is 1. The van der Waals surface area contributed by atoms with Crippen molar-refractivity contribution >= 4 is 5.97 Å². The van der Waals surface area contributed by atoms with Crippen LogP contribution in [0.15, 0.2) is 89.3 Å². The molecule has 0 saturated heterocycles. The van der Waals surface area contributed by atoms with Crippen LogP contribution in [0.1, 0.15) is 37.1 Å². The van der Waals surface area contributed by atoms with Crippen molar-refractivity contribution in [3.63, 3.8) is 0 Å². The lowest BCUT2D eigenvalue weighted by molar-refractivity contribution is -0.145. The van der Waals surface area contributed by atoms with Gasteiger partial charge in [-0.2, -0.15) is 0 Å². The second-order valence-electron chi connectivity index (χ2n) is 9.34. The highest BCUT2D eigenvalue weighted by Crippen LogP contribution is 2.44. The van der Waals surface area contributed by atoms with E-state index in [0.29, 0.717) is 30.4 Å². The van der Waals surface area contributed by atoms with Crippen LogP contribution in [-0.4, -0.2) is 35.4 Å². The summed E-state index contributed by atoms with van der Waals surface area (Å²) in [6.07, 6.45) is 1.77. The van der Waals surface area contributed by atoms with Gasteiger partial charge in [-0.05, 0) is 49.8 Å². The predicted octanol–water partition coefficient (Wildman–Crippen LogP) is 6.05. The summed E-state index contributed by atoms with van der Waals surface area (Å²) >= 11 is 0. The normalized spacial score (nSPS) is 19.0. The van der Waals surface area contributed by atoms with E-state index in [1.807, 2.05) is 84.9 Å². The van der Waals surface area contributed by atoms with Crippen molar-refractivity contribution < 1.29 is 23.8 Å². The minimum absolute atomic E-state index is 0.122. The fourth-order valence-electron chi connectivity index (χ4n) is 5.12. The largest absolute Gasteiger partial charge is 0.482 e. The third-order valence-electron chi connectivity index (χ3n) is 6.83. The second-order valence-corrected chi connectivity index (χ2v) is 9.34. The molecule has 0 radical (unpaired) electrons. The van der Waals surface area contributed by atoms with Gasteiger partial charge in [0.25, 0.3) is 0 Å². The molecule has 4 aromatic rings. The summed E-state index contributed by atoms with van der Waals surface area (Å²) in [5.41, 5.74) is 3.79. The molecule has 0 aliphatic heterocycles. The number of carbonyl (C=O) groups excluding carboxylic acids is 1. The molecule has 3 unspecified atom stereocenters. The Labute approximate surface area is 216 Å². The molecule has 1 aliphatic rings. The Kier molecular flexibility index (Phi) is 7.66. The van der Waals surface area contributed by atoms with Gasteiger partial charge in [0.05, 0.1) is 18.6 Å². The Morgan fingerprint density at radius 2 is 1.70 bits per heavy atom. The zero-order chi connectivity index (χ0) is 25.6. The summed E-state index contributed by atoms with van der Waals surface area (Å²) in [5.74, 6) is 1.45. The molecule has 3 atom stereocenters. The van der Waals surface area contributed by atoms with Crippen molar-refractivity contribution in [1.82, 2.24) is 4.98 Å². The molecule has 0 amide bonds. The first kappa shape index (κ1) is 24.8. The lowest BCUT2D eigenvalue weighted by atomic mass is 9.88. The number of esters is 1. The molecule has 1 heterocycles. The SMILES string of the molecule is CCOC(=O)COc1cccc(CC2CCC(O)C2c2nc(-c3ccccc3)c(-c3ccccc3)o2)c1. The zero-order valence-electron chi connectivity index (χ0n) is 20.9. The molecule has 1 fully saturated rings. The first-order valence-electron chi connectivity index (χ1n) is 12.8. The molecule has 1 N–H and O–H groups in total. The Morgan fingerprint density at radius 1 is 0.973 bits per heavy atom. The molecule has 1 saturated carbocycles. The third kappa shape index (κ3) is 5.75. The van der Waals surface area contributed by atoms with Crippen LogP contribution in [0.25, 0.3) is 22.6 Å². The van der Waals surface area contributed by atoms with E-state index in [9.17, 15) is 9.90 Å². The maximum atomic E-state index is 11.7. The minimum Gasteiger partial charge on any atom is -0.482 e. The van der Waals surface area contributed by atoms with Gasteiger partial charge in [0.15, 0.2) is 12.4 Å². The van der Waals surface area contributed by atoms with Gasteiger partial charge in [0, 0.05) is 11.1 Å². The van der Waals surface area contributed by atoms with Crippen LogP contribution >= 0.6 is 0 Å². The van der Waals surface area contributed by atoms with E-state index in [1.54, 1.807) is 6.92 Å². The highest BCUT2D eigenvalue weighted by Gasteiger charge is 2.40. The monoisotopic (exact) mass is 497 g/mol. The molecule has 5 rings (SSSR count). The fraction of sp³-hybridized carbons (Fsp3) is 0.290. The van der Waals surface area contributed by atoms with Gasteiger partial charge < -0.3 is 19.0 Å². The van der Waals surface area contributed by atoms with Crippen LogP contribution in [0, 0.1) is 5.92 Å². The summed E-state index contributed by atoms with van der Waals surface area (Å²) in [6.45, 7) is 1.97. The molecule has 6 nitrogen and oxygen atoms in total. The maximum absolute atomic E-state index is 11.7. The average Bonchev–Trinajstić information content (AvgIpc) is 3.52. The number of benzene rings is 3. The molecule has 3 aromatic carbocycles. The van der Waals surface area contributed by atoms with Crippen LogP contribution in [-0.2, 0) is 16.0 Å². The van der Waals surface area contributed by atoms with Crippen molar-refractivity contribution in [2.24, 2.45) is 5.92 Å². The number of aromatic nitrogens is 1. The number of carbonyl (C=O) groups is 1. The van der Waals surface area contributed by atoms with Crippen LogP contribution in [0.5, 0.6) is 5.75 Å². The van der Waals surface area contributed by atoms with Crippen molar-refractivity contribution in [1.29, 1.82) is 0 Å². The molecule has 6 heteroatoms. The van der Waals surface area contributed by atoms with E-state index >= 15 is 0 Å². The van der Waals surface area contributed by atoms with Crippen molar-refractivity contribution in [2.45, 2.75) is 38.2 Å². The zero-order valence-corrected chi connectivity index (χ0v) is 20.9. The van der Waals surface area contributed by atoms with E-state index in [1.165, 1.54) is 0 Å². The topological polar surface area (TPSA) is 81.8 Å². The Bertz CT molecular complexity index is 1260. The standard InChI is InChI=1S/C31H31NO5/c1-2-35-27(34)20-36-25-15-9-10-21(19-25)18-24-16-17-26(33)28(24)31-32-29(22-11-5-3-6-12-22)30(37-31)23-13-7-4-8-14-23/h3-15,19,24,26,28,33H,2,16-18,20H2,1H3. The number of oxazole rings is 1. The summed E-state index contributed by atoms with van der Waals surface area (Å²) < 4.78 is 17.0. The Balaban J connectivity index is 1.41. The maximum Gasteiger partial charge on any atom is 0.344 e. The molecule has 1 aliphatic carbocycles. The predicted molar refractivity (Wildman–Crippen MR) is 141 cm³/mol. The molecule has 0 bridgehead atoms. The minimum atomic E-state index is -0.529. The first-order chi connectivity index (χ1) is 18.1. The van der Waals surface area contributed by atoms with E-state index in [0.717, 1.165) is 35.2 Å². The summed E-state index contributed by atoms with van der Waals surface area (Å²) in [4.78, 5) is 16.6. The molecule has 1 aromatic heterocycles. The quantitative estimate of drug-likeness (QED) is 0.284. The van der Waals surface area contributed by atoms with Crippen molar-refractivity contribution in [3.8, 4) is 28.3 Å². The van der Waals surface area contributed by atoms with Gasteiger partial charge in [-0.25, -0.2) is 9.78 Å². The molecule has 190 valence electrons. The number of hydrogen-bond acceptors (Lipinski definition) is 6. The smallest absolute Gasteiger partial charge is 0.344 e. The van der Waals surface area contributed by atoms with Crippen molar-refractivity contribution in [2.75, 3.05) is 13.2 Å². The van der Waals surface area contributed by atoms with Crippen LogP contribution < -0.4 is 4.74 Å². The van der Waals surface area contributed by atoms with Crippen molar-refractivity contribution in [3.05, 3.63) is 96.4 Å². The van der Waals surface area contributed by atoms with E-state index < -0.39 is 6.10 Å². The Hall–Kier alpha value is -3.90. The molecular weight excluding hydrogens is 466 g/mol. The van der Waals surface area contributed by atoms with Gasteiger partial charge >= 0.3 is 5.97 Å². The number of hydrogen-bond donors (Lipinski definition) is 1. The number of nitrogens with zero attached hydrogens (tertiary/aromatic N) is 1. The molecule has 0 spiro atoms. The van der Waals surface area contributed by atoms with E-state index in [2.05, 4.69) is 0 Å². The molecular formula is C31H31NO5. The van der Waals surface area contributed by atoms with Gasteiger partial charge in [-0.1, -0.05) is 72.8 Å². The lowest BCUT2D eigenvalue weighted by Crippen LogP contribution is -2.19. The van der Waals surface area contributed by atoms with Gasteiger partial charge in [0.1, 0.15) is 11.4 Å². The van der Waals surface area contributed by atoms with Gasteiger partial charge in [-0.15, -0.1) is 0 Å². The van der Waals surface area contributed by atoms with Crippen LogP contribution in [0.4, 0.5) is 0 Å². The van der Waals surface area contributed by atoms with Gasteiger partial charge in [0.2, 0.25) is 5.89 Å². The van der Waals surface area contributed by atoms with Gasteiger partial charge in [-0.3, -0.25) is 0 Å². The average molecular weight is 498 g/mol. The number of aliphatic hydroxyl groups excluding tert-OH is 1. The third-order valence-corrected chi connectivity index (χ3v) is 6.83. The summed E-state index contributed by atoms with van der Waals surface area (Å²) in [6, 6.07) is 27.7. The van der Waals surface area contributed by atoms with Crippen LogP contribution in [0.2, 0.25) is 0 Å². The Morgan fingerprint density at radius 3 is 2.43 bits per heavy atom. The highest BCUT2D eigenvalue weighted by molar-refractivity contribution is 5.76. The summed E-state index contributed by atoms with van der Waals surface area (Å²) in [5, 5.41) is 11.0. The molecule has 37 heavy (non-hydrogen) atoms. The number of rotatable bonds is 9.